The molecule has 4 nitrogen and oxygen atoms in total. The first-order valence-corrected chi connectivity index (χ1v) is 6.42. The van der Waals surface area contributed by atoms with Gasteiger partial charge >= 0.3 is 5.97 Å². The maximum absolute atomic E-state index is 12.2. The van der Waals surface area contributed by atoms with Crippen molar-refractivity contribution in [3.05, 3.63) is 65.5 Å². The van der Waals surface area contributed by atoms with Crippen LogP contribution in [0.2, 0.25) is 0 Å². The predicted octanol–water partition coefficient (Wildman–Crippen LogP) is 2.43. The summed E-state index contributed by atoms with van der Waals surface area (Å²) in [6.07, 6.45) is 4.47. The zero-order chi connectivity index (χ0) is 14.2. The lowest BCUT2D eigenvalue weighted by Gasteiger charge is -2.10. The highest BCUT2D eigenvalue weighted by molar-refractivity contribution is 6.08. The van der Waals surface area contributed by atoms with E-state index in [-0.39, 0.29) is 5.78 Å². The van der Waals surface area contributed by atoms with E-state index in [0.29, 0.717) is 24.0 Å². The van der Waals surface area contributed by atoms with E-state index in [1.807, 2.05) is 0 Å². The molecule has 0 amide bonds. The molecule has 0 unspecified atom stereocenters. The van der Waals surface area contributed by atoms with Crippen molar-refractivity contribution < 1.29 is 14.7 Å². The fourth-order valence-electron chi connectivity index (χ4n) is 2.36. The Morgan fingerprint density at radius 3 is 2.25 bits per heavy atom. The lowest BCUT2D eigenvalue weighted by molar-refractivity contribution is -0.140. The van der Waals surface area contributed by atoms with Gasteiger partial charge < -0.3 is 5.11 Å². The van der Waals surface area contributed by atoms with Gasteiger partial charge in [-0.3, -0.25) is 14.6 Å². The maximum atomic E-state index is 12.2. The zero-order valence-electron chi connectivity index (χ0n) is 10.7. The van der Waals surface area contributed by atoms with Gasteiger partial charge in [0.15, 0.2) is 5.78 Å². The van der Waals surface area contributed by atoms with Crippen molar-refractivity contribution in [3.63, 3.8) is 0 Å². The Kier molecular flexibility index (Phi) is 2.86. The van der Waals surface area contributed by atoms with Gasteiger partial charge in [-0.2, -0.15) is 0 Å². The second kappa shape index (κ2) is 4.56. The molecule has 2 aromatic rings. The van der Waals surface area contributed by atoms with Crippen LogP contribution in [-0.2, 0) is 10.2 Å². The summed E-state index contributed by atoms with van der Waals surface area (Å²) in [6.45, 7) is 0. The van der Waals surface area contributed by atoms with E-state index in [2.05, 4.69) is 4.98 Å². The van der Waals surface area contributed by atoms with E-state index in [1.54, 1.807) is 42.6 Å². The molecule has 0 radical (unpaired) electrons. The van der Waals surface area contributed by atoms with E-state index in [1.165, 1.54) is 6.20 Å². The third-order valence-corrected chi connectivity index (χ3v) is 3.78. The SMILES string of the molecule is O=C(c1ccc(C2(C(=O)O)CC2)cc1)c1cccnc1. The van der Waals surface area contributed by atoms with Gasteiger partial charge in [0.05, 0.1) is 5.41 Å². The number of benzene rings is 1. The highest BCUT2D eigenvalue weighted by Crippen LogP contribution is 2.48. The summed E-state index contributed by atoms with van der Waals surface area (Å²) in [4.78, 5) is 27.4. The van der Waals surface area contributed by atoms with Crippen LogP contribution in [0.25, 0.3) is 0 Å². The minimum Gasteiger partial charge on any atom is -0.481 e. The fourth-order valence-corrected chi connectivity index (χ4v) is 2.36. The molecule has 0 saturated heterocycles. The third-order valence-electron chi connectivity index (χ3n) is 3.78. The molecule has 1 fully saturated rings. The van der Waals surface area contributed by atoms with Crippen LogP contribution in [0.1, 0.15) is 34.3 Å². The number of aliphatic carboxylic acids is 1. The normalized spacial score (nSPS) is 15.6. The summed E-state index contributed by atoms with van der Waals surface area (Å²) < 4.78 is 0. The Morgan fingerprint density at radius 1 is 1.05 bits per heavy atom. The highest BCUT2D eigenvalue weighted by atomic mass is 16.4. The van der Waals surface area contributed by atoms with E-state index in [0.717, 1.165) is 5.56 Å². The van der Waals surface area contributed by atoms with Crippen LogP contribution >= 0.6 is 0 Å². The van der Waals surface area contributed by atoms with Crippen LogP contribution in [0.4, 0.5) is 0 Å². The molecule has 1 N–H and O–H groups in total. The lowest BCUT2D eigenvalue weighted by atomic mass is 9.94. The Hall–Kier alpha value is -2.49. The molecule has 1 aromatic carbocycles. The second-order valence-corrected chi connectivity index (χ2v) is 5.04. The minimum absolute atomic E-state index is 0.107. The number of hydrogen-bond acceptors (Lipinski definition) is 3. The van der Waals surface area contributed by atoms with E-state index < -0.39 is 11.4 Å². The van der Waals surface area contributed by atoms with E-state index in [4.69, 9.17) is 0 Å². The Morgan fingerprint density at radius 2 is 1.75 bits per heavy atom. The van der Waals surface area contributed by atoms with Crippen molar-refractivity contribution >= 4 is 11.8 Å². The van der Waals surface area contributed by atoms with Crippen LogP contribution in [-0.4, -0.2) is 21.8 Å². The van der Waals surface area contributed by atoms with Crippen LogP contribution in [0.3, 0.4) is 0 Å². The van der Waals surface area contributed by atoms with E-state index in [9.17, 15) is 14.7 Å². The second-order valence-electron chi connectivity index (χ2n) is 5.04. The van der Waals surface area contributed by atoms with Crippen molar-refractivity contribution in [3.8, 4) is 0 Å². The number of ketones is 1. The number of rotatable bonds is 4. The zero-order valence-corrected chi connectivity index (χ0v) is 10.7. The van der Waals surface area contributed by atoms with Crippen LogP contribution in [0.5, 0.6) is 0 Å². The molecule has 0 bridgehead atoms. The minimum atomic E-state index is -0.788. The summed E-state index contributed by atoms with van der Waals surface area (Å²) >= 11 is 0. The number of pyridine rings is 1. The Labute approximate surface area is 116 Å². The maximum Gasteiger partial charge on any atom is 0.314 e. The van der Waals surface area contributed by atoms with E-state index >= 15 is 0 Å². The Balaban J connectivity index is 1.87. The molecule has 3 rings (SSSR count). The number of carbonyl (C=O) groups is 2. The van der Waals surface area contributed by atoms with Gasteiger partial charge in [0.25, 0.3) is 0 Å². The standard InChI is InChI=1S/C16H13NO3/c18-14(12-2-1-9-17-10-12)11-3-5-13(6-4-11)16(7-8-16)15(19)20/h1-6,9-10H,7-8H2,(H,19,20). The molecule has 1 aliphatic rings. The number of carboxylic acid groups (broad SMARTS) is 1. The number of carbonyl (C=O) groups excluding carboxylic acids is 1. The molecular formula is C16H13NO3. The molecule has 1 aromatic heterocycles. The van der Waals surface area contributed by atoms with Crippen LogP contribution in [0, 0.1) is 0 Å². The lowest BCUT2D eigenvalue weighted by Crippen LogP contribution is -2.19. The quantitative estimate of drug-likeness (QED) is 0.864. The largest absolute Gasteiger partial charge is 0.481 e. The summed E-state index contributed by atoms with van der Waals surface area (Å²) in [6, 6.07) is 10.3. The molecule has 0 atom stereocenters. The predicted molar refractivity (Wildman–Crippen MR) is 72.7 cm³/mol. The van der Waals surface area contributed by atoms with Gasteiger partial charge in [-0.15, -0.1) is 0 Å². The molecule has 1 saturated carbocycles. The van der Waals surface area contributed by atoms with Gasteiger partial charge in [-0.1, -0.05) is 24.3 Å². The fraction of sp³-hybridized carbons (Fsp3) is 0.188. The summed E-state index contributed by atoms with van der Waals surface area (Å²) in [5, 5.41) is 9.24. The van der Waals surface area contributed by atoms with Crippen LogP contribution < -0.4 is 0 Å². The molecule has 0 spiro atoms. The van der Waals surface area contributed by atoms with Crippen LogP contribution in [0.15, 0.2) is 48.8 Å². The first kappa shape index (κ1) is 12.5. The molecule has 20 heavy (non-hydrogen) atoms. The molecule has 100 valence electrons. The number of hydrogen-bond donors (Lipinski definition) is 1. The third kappa shape index (κ3) is 1.99. The van der Waals surface area contributed by atoms with Crippen molar-refractivity contribution in [2.75, 3.05) is 0 Å². The van der Waals surface area contributed by atoms with Gasteiger partial charge in [0, 0.05) is 23.5 Å². The van der Waals surface area contributed by atoms with Gasteiger partial charge in [0.2, 0.25) is 0 Å². The molecule has 1 aliphatic carbocycles. The average Bonchev–Trinajstić information content (AvgIpc) is 3.29. The topological polar surface area (TPSA) is 67.3 Å². The van der Waals surface area contributed by atoms with Gasteiger partial charge in [-0.25, -0.2) is 0 Å². The Bertz CT molecular complexity index is 658. The van der Waals surface area contributed by atoms with Gasteiger partial charge in [-0.05, 0) is 30.5 Å². The summed E-state index contributed by atoms with van der Waals surface area (Å²) in [5.41, 5.74) is 1.12. The average molecular weight is 267 g/mol. The van der Waals surface area contributed by atoms with Crippen molar-refractivity contribution in [1.29, 1.82) is 0 Å². The molecule has 0 aliphatic heterocycles. The number of carboxylic acids is 1. The van der Waals surface area contributed by atoms with Crippen molar-refractivity contribution in [2.24, 2.45) is 0 Å². The smallest absolute Gasteiger partial charge is 0.314 e. The summed E-state index contributed by atoms with van der Waals surface area (Å²) in [5.74, 6) is -0.895. The molecule has 1 heterocycles. The van der Waals surface area contributed by atoms with Crippen molar-refractivity contribution in [2.45, 2.75) is 18.3 Å². The van der Waals surface area contributed by atoms with Gasteiger partial charge in [0.1, 0.15) is 0 Å². The first-order chi connectivity index (χ1) is 9.63. The molecular weight excluding hydrogens is 254 g/mol. The van der Waals surface area contributed by atoms with Crippen molar-refractivity contribution in [1.82, 2.24) is 4.98 Å². The monoisotopic (exact) mass is 267 g/mol. The summed E-state index contributed by atoms with van der Waals surface area (Å²) in [7, 11) is 0. The molecule has 4 heteroatoms. The highest BCUT2D eigenvalue weighted by Gasteiger charge is 2.51. The number of nitrogens with zero attached hydrogens (tertiary/aromatic N) is 1. The number of aromatic nitrogens is 1. The first-order valence-electron chi connectivity index (χ1n) is 6.42.